The van der Waals surface area contributed by atoms with Crippen LogP contribution < -0.4 is 21.7 Å². The molecule has 0 radical (unpaired) electrons. The van der Waals surface area contributed by atoms with Gasteiger partial charge in [-0.1, -0.05) is 35.9 Å². The molecule has 10 nitrogen and oxygen atoms in total. The first-order valence-corrected chi connectivity index (χ1v) is 12.4. The van der Waals surface area contributed by atoms with Gasteiger partial charge >= 0.3 is 0 Å². The number of hydrogen-bond donors (Lipinski definition) is 4. The Balaban J connectivity index is 1.50. The van der Waals surface area contributed by atoms with Crippen LogP contribution in [0.5, 0.6) is 0 Å². The Kier molecular flexibility index (Phi) is 7.82. The third-order valence-corrected chi connectivity index (χ3v) is 6.79. The molecule has 11 heteroatoms. The first-order valence-electron chi connectivity index (χ1n) is 12.0. The number of hydrogen-bond acceptors (Lipinski definition) is 7. The van der Waals surface area contributed by atoms with Crippen molar-refractivity contribution in [1.29, 1.82) is 0 Å². The van der Waals surface area contributed by atoms with Crippen LogP contribution in [0.3, 0.4) is 0 Å². The number of primary amides is 1. The van der Waals surface area contributed by atoms with Crippen LogP contribution in [0.25, 0.3) is 0 Å². The SMILES string of the molecule is CC(C)(CN1CCOCC1)NC(=O)C1N=CNC1(C(N)=O)c1ccc(NC(=O)c2ccccc2Cl)cc1. The van der Waals surface area contributed by atoms with Gasteiger partial charge in [0.15, 0.2) is 11.6 Å². The fourth-order valence-corrected chi connectivity index (χ4v) is 4.90. The molecule has 0 spiro atoms. The highest BCUT2D eigenvalue weighted by Crippen LogP contribution is 2.32. The van der Waals surface area contributed by atoms with Crippen LogP contribution in [0.1, 0.15) is 29.8 Å². The number of amides is 3. The molecule has 2 atom stereocenters. The van der Waals surface area contributed by atoms with Gasteiger partial charge in [-0.05, 0) is 43.7 Å². The predicted molar refractivity (Wildman–Crippen MR) is 142 cm³/mol. The maximum atomic E-state index is 13.4. The number of nitrogens with one attached hydrogen (secondary N) is 3. The van der Waals surface area contributed by atoms with Gasteiger partial charge in [-0.25, -0.2) is 0 Å². The molecular weight excluding hydrogens is 496 g/mol. The molecular formula is C26H31ClN6O4. The summed E-state index contributed by atoms with van der Waals surface area (Å²) in [6.07, 6.45) is 1.33. The summed E-state index contributed by atoms with van der Waals surface area (Å²) in [6, 6.07) is 12.1. The molecule has 196 valence electrons. The monoisotopic (exact) mass is 526 g/mol. The number of halogens is 1. The van der Waals surface area contributed by atoms with Crippen molar-refractivity contribution in [2.45, 2.75) is 31.0 Å². The Morgan fingerprint density at radius 1 is 1.16 bits per heavy atom. The minimum absolute atomic E-state index is 0.335. The Morgan fingerprint density at radius 2 is 1.84 bits per heavy atom. The van der Waals surface area contributed by atoms with E-state index >= 15 is 0 Å². The molecule has 1 fully saturated rings. The van der Waals surface area contributed by atoms with E-state index in [1.165, 1.54) is 6.34 Å². The normalized spacial score (nSPS) is 21.8. The van der Waals surface area contributed by atoms with Crippen LogP contribution >= 0.6 is 11.6 Å². The number of carbonyl (C=O) groups is 3. The van der Waals surface area contributed by atoms with Crippen LogP contribution in [0.15, 0.2) is 53.5 Å². The van der Waals surface area contributed by atoms with Crippen LogP contribution in [0, 0.1) is 0 Å². The molecule has 1 saturated heterocycles. The molecule has 37 heavy (non-hydrogen) atoms. The van der Waals surface area contributed by atoms with E-state index in [1.807, 2.05) is 13.8 Å². The van der Waals surface area contributed by atoms with Gasteiger partial charge in [-0.2, -0.15) is 0 Å². The van der Waals surface area contributed by atoms with Gasteiger partial charge in [0.1, 0.15) is 0 Å². The average molecular weight is 527 g/mol. The zero-order valence-corrected chi connectivity index (χ0v) is 21.5. The van der Waals surface area contributed by atoms with Crippen molar-refractivity contribution in [3.05, 3.63) is 64.7 Å². The molecule has 3 amide bonds. The molecule has 2 aliphatic rings. The topological polar surface area (TPSA) is 138 Å². The second-order valence-corrected chi connectivity index (χ2v) is 10.2. The van der Waals surface area contributed by atoms with Crippen molar-refractivity contribution < 1.29 is 19.1 Å². The number of ether oxygens (including phenoxy) is 1. The van der Waals surface area contributed by atoms with Crippen molar-refractivity contribution in [3.63, 3.8) is 0 Å². The van der Waals surface area contributed by atoms with E-state index in [-0.39, 0.29) is 5.91 Å². The lowest BCUT2D eigenvalue weighted by Crippen LogP contribution is -2.63. The predicted octanol–water partition coefficient (Wildman–Crippen LogP) is 1.50. The molecule has 0 saturated carbocycles. The lowest BCUT2D eigenvalue weighted by Gasteiger charge is -2.37. The third kappa shape index (κ3) is 5.76. The Bertz CT molecular complexity index is 1200. The minimum atomic E-state index is -1.58. The standard InChI is InChI=1S/C26H31ClN6O4/c1-25(2,15-33-11-13-37-14-12-33)32-23(35)21-26(24(28)36,30-16-29-21)17-7-9-18(10-8-17)31-22(34)19-5-3-4-6-20(19)27/h3-10,16,21H,11-15H2,1-2H3,(H2,28,36)(H,29,30)(H,31,34)(H,32,35). The first kappa shape index (κ1) is 26.6. The second-order valence-electron chi connectivity index (χ2n) is 9.77. The van der Waals surface area contributed by atoms with Gasteiger partial charge in [0.05, 0.1) is 30.1 Å². The van der Waals surface area contributed by atoms with Gasteiger partial charge in [-0.15, -0.1) is 0 Å². The van der Waals surface area contributed by atoms with Crippen molar-refractivity contribution in [2.75, 3.05) is 38.2 Å². The van der Waals surface area contributed by atoms with Crippen molar-refractivity contribution in [2.24, 2.45) is 10.7 Å². The van der Waals surface area contributed by atoms with Crippen molar-refractivity contribution in [3.8, 4) is 0 Å². The van der Waals surface area contributed by atoms with E-state index in [0.29, 0.717) is 41.6 Å². The molecule has 2 aromatic carbocycles. The molecule has 2 heterocycles. The Morgan fingerprint density at radius 3 is 2.49 bits per heavy atom. The molecule has 0 aliphatic carbocycles. The number of anilines is 1. The van der Waals surface area contributed by atoms with Gasteiger partial charge in [-0.3, -0.25) is 24.3 Å². The van der Waals surface area contributed by atoms with Crippen LogP contribution in [-0.2, 0) is 19.9 Å². The van der Waals surface area contributed by atoms with Crippen LogP contribution in [-0.4, -0.2) is 73.4 Å². The van der Waals surface area contributed by atoms with Gasteiger partial charge in [0, 0.05) is 30.9 Å². The molecule has 2 unspecified atom stereocenters. The van der Waals surface area contributed by atoms with E-state index in [0.717, 1.165) is 13.1 Å². The number of nitrogens with zero attached hydrogens (tertiary/aromatic N) is 2. The zero-order chi connectivity index (χ0) is 26.6. The number of aliphatic imine (C=N–C) groups is 1. The summed E-state index contributed by atoms with van der Waals surface area (Å²) < 4.78 is 5.40. The summed E-state index contributed by atoms with van der Waals surface area (Å²) in [7, 11) is 0. The molecule has 0 bridgehead atoms. The number of benzene rings is 2. The lowest BCUT2D eigenvalue weighted by molar-refractivity contribution is -0.132. The van der Waals surface area contributed by atoms with E-state index < -0.39 is 28.9 Å². The smallest absolute Gasteiger partial charge is 0.257 e. The van der Waals surface area contributed by atoms with Crippen LogP contribution in [0.2, 0.25) is 5.02 Å². The molecule has 0 aromatic heterocycles. The Hall–Kier alpha value is -3.47. The molecule has 5 N–H and O–H groups in total. The maximum absolute atomic E-state index is 13.4. The average Bonchev–Trinajstić information content (AvgIpc) is 3.31. The summed E-state index contributed by atoms with van der Waals surface area (Å²) in [5.74, 6) is -1.54. The van der Waals surface area contributed by atoms with Crippen LogP contribution in [0.4, 0.5) is 5.69 Å². The summed E-state index contributed by atoms with van der Waals surface area (Å²) >= 11 is 6.12. The molecule has 2 aliphatic heterocycles. The van der Waals surface area contributed by atoms with Crippen molar-refractivity contribution in [1.82, 2.24) is 15.5 Å². The van der Waals surface area contributed by atoms with E-state index in [1.54, 1.807) is 48.5 Å². The van der Waals surface area contributed by atoms with Gasteiger partial charge < -0.3 is 26.4 Å². The second kappa shape index (κ2) is 10.9. The van der Waals surface area contributed by atoms with E-state index in [4.69, 9.17) is 22.1 Å². The summed E-state index contributed by atoms with van der Waals surface area (Å²) in [5.41, 5.74) is 4.96. The van der Waals surface area contributed by atoms with E-state index in [9.17, 15) is 14.4 Å². The summed E-state index contributed by atoms with van der Waals surface area (Å²) in [6.45, 7) is 7.35. The highest BCUT2D eigenvalue weighted by atomic mass is 35.5. The minimum Gasteiger partial charge on any atom is -0.379 e. The number of carbonyl (C=O) groups excluding carboxylic acids is 3. The van der Waals surface area contributed by atoms with Gasteiger partial charge in [0.2, 0.25) is 5.91 Å². The highest BCUT2D eigenvalue weighted by molar-refractivity contribution is 6.34. The fraction of sp³-hybridized carbons (Fsp3) is 0.385. The molecule has 4 rings (SSSR count). The fourth-order valence-electron chi connectivity index (χ4n) is 4.68. The van der Waals surface area contributed by atoms with Crippen molar-refractivity contribution >= 4 is 41.3 Å². The Labute approximate surface area is 220 Å². The first-order chi connectivity index (χ1) is 17.6. The number of nitrogens with two attached hydrogens (primary N) is 1. The molecule has 2 aromatic rings. The quantitative estimate of drug-likeness (QED) is 0.411. The number of rotatable bonds is 8. The maximum Gasteiger partial charge on any atom is 0.257 e. The van der Waals surface area contributed by atoms with E-state index in [2.05, 4.69) is 25.8 Å². The number of morpholine rings is 1. The highest BCUT2D eigenvalue weighted by Gasteiger charge is 2.52. The third-order valence-electron chi connectivity index (χ3n) is 6.46. The summed E-state index contributed by atoms with van der Waals surface area (Å²) in [4.78, 5) is 45.3. The zero-order valence-electron chi connectivity index (χ0n) is 20.8. The summed E-state index contributed by atoms with van der Waals surface area (Å²) in [5, 5.41) is 9.07. The largest absolute Gasteiger partial charge is 0.379 e. The van der Waals surface area contributed by atoms with Gasteiger partial charge in [0.25, 0.3) is 11.8 Å². The lowest BCUT2D eigenvalue weighted by atomic mass is 9.82.